The first kappa shape index (κ1) is 14.2. The van der Waals surface area contributed by atoms with E-state index in [4.69, 9.17) is 5.73 Å². The lowest BCUT2D eigenvalue weighted by Crippen LogP contribution is -2.19. The molecule has 1 aliphatic rings. The second kappa shape index (κ2) is 4.65. The van der Waals surface area contributed by atoms with Crippen molar-refractivity contribution in [2.24, 2.45) is 5.73 Å². The van der Waals surface area contributed by atoms with E-state index < -0.39 is 26.8 Å². The van der Waals surface area contributed by atoms with Gasteiger partial charge in [0.05, 0.1) is 16.9 Å². The first-order valence-electron chi connectivity index (χ1n) is 6.15. The Kier molecular flexibility index (Phi) is 3.01. The summed E-state index contributed by atoms with van der Waals surface area (Å²) < 4.78 is 32.3. The Bertz CT molecular complexity index is 898. The van der Waals surface area contributed by atoms with Crippen LogP contribution in [0.4, 0.5) is 11.4 Å². The third-order valence-corrected chi connectivity index (χ3v) is 4.18. The molecule has 0 aliphatic carbocycles. The molecule has 0 atom stereocenters. The van der Waals surface area contributed by atoms with E-state index >= 15 is 0 Å². The molecule has 0 radical (unpaired) electrons. The molecule has 3 rings (SSSR count). The molecule has 0 saturated heterocycles. The average molecular weight is 318 g/mol. The lowest BCUT2D eigenvalue weighted by Gasteiger charge is -2.08. The fourth-order valence-corrected chi connectivity index (χ4v) is 2.92. The number of carbonyl (C=O) groups is 2. The van der Waals surface area contributed by atoms with E-state index in [0.717, 1.165) is 12.1 Å². The van der Waals surface area contributed by atoms with Crippen molar-refractivity contribution >= 4 is 33.3 Å². The quantitative estimate of drug-likeness (QED) is 0.654. The van der Waals surface area contributed by atoms with Crippen molar-refractivity contribution in [2.45, 2.75) is 4.90 Å². The Morgan fingerprint density at radius 1 is 1.05 bits per heavy atom. The van der Waals surface area contributed by atoms with E-state index in [-0.39, 0.29) is 11.1 Å². The minimum Gasteiger partial charge on any atom is -0.366 e. The number of para-hydroxylation sites is 2. The molecule has 0 saturated carbocycles. The van der Waals surface area contributed by atoms with E-state index in [1.807, 2.05) is 0 Å². The molecule has 3 N–H and O–H groups in total. The minimum absolute atomic E-state index is 0.118. The number of amides is 2. The van der Waals surface area contributed by atoms with Crippen LogP contribution in [0.3, 0.4) is 0 Å². The highest BCUT2D eigenvalue weighted by molar-refractivity contribution is 7.86. The Labute approximate surface area is 125 Å². The second-order valence-corrected chi connectivity index (χ2v) is 6.07. The van der Waals surface area contributed by atoms with Crippen LogP contribution in [0.1, 0.15) is 20.7 Å². The van der Waals surface area contributed by atoms with Gasteiger partial charge in [-0.2, -0.15) is 8.42 Å². The molecule has 0 aromatic heterocycles. The smallest absolute Gasteiger partial charge is 0.295 e. The van der Waals surface area contributed by atoms with E-state index in [1.165, 1.54) is 11.0 Å². The van der Waals surface area contributed by atoms with Gasteiger partial charge in [-0.15, -0.1) is 0 Å². The summed E-state index contributed by atoms with van der Waals surface area (Å²) in [5, 5.41) is 0. The number of rotatable bonds is 3. The zero-order valence-electron chi connectivity index (χ0n) is 11.1. The Hall–Kier alpha value is -2.71. The summed E-state index contributed by atoms with van der Waals surface area (Å²) in [6.07, 6.45) is 0. The van der Waals surface area contributed by atoms with Gasteiger partial charge in [0.1, 0.15) is 4.90 Å². The molecule has 0 unspecified atom stereocenters. The summed E-state index contributed by atoms with van der Waals surface area (Å²) in [7, 11) is -4.68. The predicted molar refractivity (Wildman–Crippen MR) is 77.7 cm³/mol. The minimum atomic E-state index is -4.68. The van der Waals surface area contributed by atoms with Crippen molar-refractivity contribution in [3.05, 3.63) is 53.6 Å². The third kappa shape index (κ3) is 2.24. The lowest BCUT2D eigenvalue weighted by molar-refractivity contribution is 0.0989. The van der Waals surface area contributed by atoms with Gasteiger partial charge in [-0.1, -0.05) is 12.1 Å². The van der Waals surface area contributed by atoms with Gasteiger partial charge >= 0.3 is 0 Å². The van der Waals surface area contributed by atoms with Gasteiger partial charge in [0.2, 0.25) is 5.91 Å². The van der Waals surface area contributed by atoms with Crippen molar-refractivity contribution < 1.29 is 22.6 Å². The maximum atomic E-state index is 12.4. The first-order valence-corrected chi connectivity index (χ1v) is 7.59. The van der Waals surface area contributed by atoms with Crippen LogP contribution in [-0.4, -0.2) is 24.8 Å². The van der Waals surface area contributed by atoms with Crippen molar-refractivity contribution in [3.8, 4) is 0 Å². The Balaban J connectivity index is 2.08. The molecule has 0 spiro atoms. The van der Waals surface area contributed by atoms with Crippen LogP contribution in [0, 0.1) is 0 Å². The van der Waals surface area contributed by atoms with Crippen LogP contribution in [0.25, 0.3) is 0 Å². The number of nitrogens with zero attached hydrogens (tertiary/aromatic N) is 1. The zero-order valence-corrected chi connectivity index (χ0v) is 11.9. The summed E-state index contributed by atoms with van der Waals surface area (Å²) in [6.45, 7) is 0. The van der Waals surface area contributed by atoms with Crippen LogP contribution in [0.5, 0.6) is 0 Å². The number of primary amides is 1. The molecule has 1 aliphatic heterocycles. The number of hydrogen-bond acceptors (Lipinski definition) is 4. The van der Waals surface area contributed by atoms with Gasteiger partial charge in [-0.05, 0) is 30.3 Å². The van der Waals surface area contributed by atoms with Gasteiger partial charge in [0.15, 0.2) is 0 Å². The van der Waals surface area contributed by atoms with Crippen LogP contribution < -0.4 is 10.6 Å². The molecule has 0 fully saturated rings. The average Bonchev–Trinajstić information content (AvgIpc) is 3.19. The fourth-order valence-electron chi connectivity index (χ4n) is 2.21. The van der Waals surface area contributed by atoms with Gasteiger partial charge < -0.3 is 5.73 Å². The molecular formula is C14H10N2O5S. The molecule has 2 amide bonds. The molecule has 112 valence electrons. The topological polar surface area (TPSA) is 118 Å². The van der Waals surface area contributed by atoms with Crippen LogP contribution in [0.15, 0.2) is 47.4 Å². The van der Waals surface area contributed by atoms with Crippen molar-refractivity contribution in [3.63, 3.8) is 0 Å². The third-order valence-electron chi connectivity index (χ3n) is 3.29. The van der Waals surface area contributed by atoms with Crippen molar-refractivity contribution in [1.82, 2.24) is 0 Å². The molecule has 22 heavy (non-hydrogen) atoms. The van der Waals surface area contributed by atoms with E-state index in [9.17, 15) is 22.6 Å². The number of hydrogen-bond donors (Lipinski definition) is 2. The molecule has 2 aromatic carbocycles. The zero-order chi connectivity index (χ0) is 16.1. The van der Waals surface area contributed by atoms with Crippen molar-refractivity contribution in [2.75, 3.05) is 4.90 Å². The summed E-state index contributed by atoms with van der Waals surface area (Å²) in [6, 6.07) is 10.2. The normalized spacial score (nSPS) is 12.7. The second-order valence-electron chi connectivity index (χ2n) is 4.68. The highest BCUT2D eigenvalue weighted by Gasteiger charge is 2.37. The van der Waals surface area contributed by atoms with E-state index in [0.29, 0.717) is 11.4 Å². The summed E-state index contributed by atoms with van der Waals surface area (Å²) in [5.74, 6) is -1.47. The van der Waals surface area contributed by atoms with Gasteiger partial charge in [-0.3, -0.25) is 19.0 Å². The largest absolute Gasteiger partial charge is 0.366 e. The molecular weight excluding hydrogens is 308 g/mol. The number of carbonyl (C=O) groups excluding carboxylic acids is 2. The number of anilines is 2. The van der Waals surface area contributed by atoms with Gasteiger partial charge in [-0.25, -0.2) is 0 Å². The van der Waals surface area contributed by atoms with Gasteiger partial charge in [0.25, 0.3) is 16.0 Å². The van der Waals surface area contributed by atoms with Gasteiger partial charge in [0, 0.05) is 5.56 Å². The Morgan fingerprint density at radius 3 is 2.14 bits per heavy atom. The predicted octanol–water partition coefficient (Wildman–Crippen LogP) is 1.32. The number of nitrogens with two attached hydrogens (primary N) is 1. The SMILES string of the molecule is NC(=O)c1ccc(C(=O)N2c3ccccc32)c(S(=O)(=O)O)c1. The molecule has 0 bridgehead atoms. The summed E-state index contributed by atoms with van der Waals surface area (Å²) >= 11 is 0. The molecule has 7 nitrogen and oxygen atoms in total. The number of benzene rings is 2. The standard InChI is InChI=1S/C14H10N2O5S/c15-13(17)8-5-6-9(12(7-8)22(19,20)21)14(18)16-10-3-1-2-4-11(10)16/h1-7H,(H2,15,17)(H,19,20,21). The summed E-state index contributed by atoms with van der Waals surface area (Å²) in [4.78, 5) is 24.2. The molecule has 2 aromatic rings. The van der Waals surface area contributed by atoms with Crippen molar-refractivity contribution in [1.29, 1.82) is 0 Å². The Morgan fingerprint density at radius 2 is 1.64 bits per heavy atom. The maximum absolute atomic E-state index is 12.4. The molecule has 1 heterocycles. The maximum Gasteiger partial charge on any atom is 0.295 e. The highest BCUT2D eigenvalue weighted by atomic mass is 32.2. The van der Waals surface area contributed by atoms with E-state index in [2.05, 4.69) is 0 Å². The monoisotopic (exact) mass is 318 g/mol. The fraction of sp³-hybridized carbons (Fsp3) is 0. The van der Waals surface area contributed by atoms with E-state index in [1.54, 1.807) is 24.3 Å². The van der Waals surface area contributed by atoms with Crippen LogP contribution >= 0.6 is 0 Å². The lowest BCUT2D eigenvalue weighted by atomic mass is 10.1. The number of fused-ring (bicyclic) bond motifs is 1. The summed E-state index contributed by atoms with van der Waals surface area (Å²) in [5.41, 5.74) is 6.05. The van der Waals surface area contributed by atoms with Crippen LogP contribution in [-0.2, 0) is 10.1 Å². The van der Waals surface area contributed by atoms with Crippen LogP contribution in [0.2, 0.25) is 0 Å². The highest BCUT2D eigenvalue weighted by Crippen LogP contribution is 2.48. The molecule has 8 heteroatoms. The first-order chi connectivity index (χ1) is 10.3.